The van der Waals surface area contributed by atoms with Gasteiger partial charge in [-0.1, -0.05) is 32.0 Å². The molecule has 0 bridgehead atoms. The number of carbonyl (C=O) groups excluding carboxylic acids is 1. The highest BCUT2D eigenvalue weighted by atomic mass is 16.5. The molecule has 18 heavy (non-hydrogen) atoms. The molecule has 1 aliphatic rings. The fraction of sp³-hybridized carbons (Fsp3) is 0.533. The van der Waals surface area contributed by atoms with Crippen LogP contribution in [0.4, 0.5) is 0 Å². The predicted octanol–water partition coefficient (Wildman–Crippen LogP) is 2.51. The van der Waals surface area contributed by atoms with E-state index < -0.39 is 0 Å². The number of ketones is 1. The van der Waals surface area contributed by atoms with Gasteiger partial charge in [0.2, 0.25) is 0 Å². The Hall–Kier alpha value is -1.35. The number of para-hydroxylation sites is 1. The number of hydrogen-bond acceptors (Lipinski definition) is 3. The van der Waals surface area contributed by atoms with Gasteiger partial charge in [0.1, 0.15) is 17.6 Å². The zero-order chi connectivity index (χ0) is 13.0. The number of hydrogen-bond donors (Lipinski definition) is 0. The van der Waals surface area contributed by atoms with Crippen molar-refractivity contribution in [2.24, 2.45) is 0 Å². The largest absolute Gasteiger partial charge is 0.489 e. The van der Waals surface area contributed by atoms with E-state index >= 15 is 0 Å². The molecule has 98 valence electrons. The Morgan fingerprint density at radius 1 is 1.33 bits per heavy atom. The molecule has 2 atom stereocenters. The fourth-order valence-corrected chi connectivity index (χ4v) is 2.56. The first kappa shape index (κ1) is 13.1. The number of likely N-dealkylation sites (N-methyl/N-ethyl adjacent to an activating group) is 1. The van der Waals surface area contributed by atoms with Crippen molar-refractivity contribution in [3.8, 4) is 5.75 Å². The monoisotopic (exact) mass is 247 g/mol. The number of nitrogens with zero attached hydrogens (tertiary/aromatic N) is 1. The zero-order valence-electron chi connectivity index (χ0n) is 11.1. The molecule has 3 nitrogen and oxygen atoms in total. The lowest BCUT2D eigenvalue weighted by atomic mass is 10.1. The molecular formula is C15H21NO2. The van der Waals surface area contributed by atoms with Crippen LogP contribution in [0.25, 0.3) is 0 Å². The molecule has 1 aromatic carbocycles. The van der Waals surface area contributed by atoms with Gasteiger partial charge in [0.25, 0.3) is 0 Å². The summed E-state index contributed by atoms with van der Waals surface area (Å²) in [6.45, 7) is 5.79. The van der Waals surface area contributed by atoms with Crippen molar-refractivity contribution in [2.75, 3.05) is 13.1 Å². The number of rotatable bonds is 5. The lowest BCUT2D eigenvalue weighted by molar-refractivity contribution is -0.123. The van der Waals surface area contributed by atoms with E-state index in [1.54, 1.807) is 0 Å². The first-order valence-corrected chi connectivity index (χ1v) is 6.73. The third kappa shape index (κ3) is 2.91. The Morgan fingerprint density at radius 2 is 2.06 bits per heavy atom. The molecule has 2 unspecified atom stereocenters. The molecule has 0 N–H and O–H groups in total. The molecule has 0 aromatic heterocycles. The first-order chi connectivity index (χ1) is 8.74. The van der Waals surface area contributed by atoms with Crippen LogP contribution in [-0.4, -0.2) is 35.9 Å². The van der Waals surface area contributed by atoms with Crippen LogP contribution in [0.1, 0.15) is 26.7 Å². The average Bonchev–Trinajstić information content (AvgIpc) is 2.82. The Kier molecular flexibility index (Phi) is 4.37. The van der Waals surface area contributed by atoms with Crippen LogP contribution in [0.3, 0.4) is 0 Å². The van der Waals surface area contributed by atoms with E-state index in [4.69, 9.17) is 4.74 Å². The van der Waals surface area contributed by atoms with Gasteiger partial charge in [0, 0.05) is 19.4 Å². The van der Waals surface area contributed by atoms with Crippen molar-refractivity contribution < 1.29 is 9.53 Å². The standard InChI is InChI=1S/C15H21NO2/c1-3-15(17)14-10-13(11-16(14)4-2)18-12-8-6-5-7-9-12/h5-9,13-14H,3-4,10-11H2,1-2H3. The van der Waals surface area contributed by atoms with Crippen LogP contribution >= 0.6 is 0 Å². The van der Waals surface area contributed by atoms with E-state index in [1.165, 1.54) is 0 Å². The van der Waals surface area contributed by atoms with Gasteiger partial charge in [-0.3, -0.25) is 9.69 Å². The summed E-state index contributed by atoms with van der Waals surface area (Å²) < 4.78 is 5.94. The zero-order valence-corrected chi connectivity index (χ0v) is 11.1. The summed E-state index contributed by atoms with van der Waals surface area (Å²) in [5.41, 5.74) is 0. The van der Waals surface area contributed by atoms with Crippen molar-refractivity contribution >= 4 is 5.78 Å². The molecule has 2 rings (SSSR count). The molecule has 0 radical (unpaired) electrons. The van der Waals surface area contributed by atoms with Crippen molar-refractivity contribution in [1.82, 2.24) is 4.90 Å². The number of ether oxygens (including phenoxy) is 1. The fourth-order valence-electron chi connectivity index (χ4n) is 2.56. The number of carbonyl (C=O) groups is 1. The maximum Gasteiger partial charge on any atom is 0.149 e. The SMILES string of the molecule is CCC(=O)C1CC(Oc2ccccc2)CN1CC. The van der Waals surface area contributed by atoms with Crippen LogP contribution in [0.2, 0.25) is 0 Å². The van der Waals surface area contributed by atoms with E-state index in [0.29, 0.717) is 12.2 Å². The Balaban J connectivity index is 1.99. The van der Waals surface area contributed by atoms with E-state index in [-0.39, 0.29) is 12.1 Å². The van der Waals surface area contributed by atoms with Crippen molar-refractivity contribution in [1.29, 1.82) is 0 Å². The maximum atomic E-state index is 11.9. The molecule has 0 aliphatic carbocycles. The minimum atomic E-state index is 0.0497. The lowest BCUT2D eigenvalue weighted by Crippen LogP contribution is -2.35. The van der Waals surface area contributed by atoms with Gasteiger partial charge in [-0.05, 0) is 18.7 Å². The molecule has 1 heterocycles. The number of Topliss-reactive ketones (excluding diaryl/α,β-unsaturated/α-hetero) is 1. The topological polar surface area (TPSA) is 29.5 Å². The number of likely N-dealkylation sites (tertiary alicyclic amines) is 1. The van der Waals surface area contributed by atoms with Gasteiger partial charge in [0.05, 0.1) is 6.04 Å². The van der Waals surface area contributed by atoms with E-state index in [0.717, 1.165) is 25.3 Å². The van der Waals surface area contributed by atoms with Crippen LogP contribution in [0.15, 0.2) is 30.3 Å². The molecule has 1 fully saturated rings. The van der Waals surface area contributed by atoms with Crippen LogP contribution in [-0.2, 0) is 4.79 Å². The van der Waals surface area contributed by atoms with E-state index in [1.807, 2.05) is 37.3 Å². The van der Waals surface area contributed by atoms with Gasteiger partial charge < -0.3 is 4.74 Å². The molecular weight excluding hydrogens is 226 g/mol. The molecule has 1 saturated heterocycles. The van der Waals surface area contributed by atoms with Gasteiger partial charge in [-0.2, -0.15) is 0 Å². The second kappa shape index (κ2) is 6.01. The van der Waals surface area contributed by atoms with Crippen LogP contribution in [0, 0.1) is 0 Å². The van der Waals surface area contributed by atoms with Crippen molar-refractivity contribution in [3.05, 3.63) is 30.3 Å². The highest BCUT2D eigenvalue weighted by Gasteiger charge is 2.35. The minimum absolute atomic E-state index is 0.0497. The van der Waals surface area contributed by atoms with Gasteiger partial charge in [0.15, 0.2) is 0 Å². The van der Waals surface area contributed by atoms with Gasteiger partial charge in [-0.25, -0.2) is 0 Å². The summed E-state index contributed by atoms with van der Waals surface area (Å²) in [6.07, 6.45) is 1.56. The van der Waals surface area contributed by atoms with Gasteiger partial charge >= 0.3 is 0 Å². The van der Waals surface area contributed by atoms with Crippen molar-refractivity contribution in [3.63, 3.8) is 0 Å². The van der Waals surface area contributed by atoms with Gasteiger partial charge in [-0.15, -0.1) is 0 Å². The Labute approximate surface area is 109 Å². The summed E-state index contributed by atoms with van der Waals surface area (Å²) in [4.78, 5) is 14.1. The third-order valence-corrected chi connectivity index (χ3v) is 3.54. The summed E-state index contributed by atoms with van der Waals surface area (Å²) in [6, 6.07) is 9.89. The molecule has 1 aliphatic heterocycles. The summed E-state index contributed by atoms with van der Waals surface area (Å²) in [5, 5.41) is 0. The number of benzene rings is 1. The Bertz CT molecular complexity index is 391. The summed E-state index contributed by atoms with van der Waals surface area (Å²) >= 11 is 0. The third-order valence-electron chi connectivity index (χ3n) is 3.54. The summed E-state index contributed by atoms with van der Waals surface area (Å²) in [7, 11) is 0. The Morgan fingerprint density at radius 3 is 2.67 bits per heavy atom. The van der Waals surface area contributed by atoms with Crippen molar-refractivity contribution in [2.45, 2.75) is 38.8 Å². The predicted molar refractivity (Wildman–Crippen MR) is 71.8 cm³/mol. The van der Waals surface area contributed by atoms with E-state index in [9.17, 15) is 4.79 Å². The minimum Gasteiger partial charge on any atom is -0.489 e. The lowest BCUT2D eigenvalue weighted by Gasteiger charge is -2.20. The molecule has 3 heteroatoms. The maximum absolute atomic E-state index is 11.9. The second-order valence-corrected chi connectivity index (χ2v) is 4.71. The summed E-state index contributed by atoms with van der Waals surface area (Å²) in [5.74, 6) is 1.22. The highest BCUT2D eigenvalue weighted by molar-refractivity contribution is 5.84. The second-order valence-electron chi connectivity index (χ2n) is 4.71. The van der Waals surface area contributed by atoms with E-state index in [2.05, 4.69) is 11.8 Å². The van der Waals surface area contributed by atoms with Crippen LogP contribution in [0.5, 0.6) is 5.75 Å². The average molecular weight is 247 g/mol. The highest BCUT2D eigenvalue weighted by Crippen LogP contribution is 2.23. The van der Waals surface area contributed by atoms with Crippen LogP contribution < -0.4 is 4.74 Å². The molecule has 0 spiro atoms. The molecule has 0 saturated carbocycles. The quantitative estimate of drug-likeness (QED) is 0.800. The molecule has 0 amide bonds. The first-order valence-electron chi connectivity index (χ1n) is 6.73. The normalized spacial score (nSPS) is 24.1. The molecule has 1 aromatic rings. The smallest absolute Gasteiger partial charge is 0.149 e.